The Balaban J connectivity index is 1.49. The largest absolute Gasteiger partial charge is 0.369 e. The smallest absolute Gasteiger partial charge is 0.225 e. The third kappa shape index (κ3) is 3.09. The van der Waals surface area contributed by atoms with Crippen molar-refractivity contribution < 1.29 is 9.59 Å². The quantitative estimate of drug-likeness (QED) is 0.849. The van der Waals surface area contributed by atoms with Crippen molar-refractivity contribution in [3.05, 3.63) is 0 Å². The number of piperidine rings is 1. The van der Waals surface area contributed by atoms with Crippen LogP contribution in [0.25, 0.3) is 0 Å². The van der Waals surface area contributed by atoms with Gasteiger partial charge in [0.05, 0.1) is 0 Å². The van der Waals surface area contributed by atoms with Gasteiger partial charge >= 0.3 is 0 Å². The van der Waals surface area contributed by atoms with Gasteiger partial charge in [-0.3, -0.25) is 9.59 Å². The van der Waals surface area contributed by atoms with Crippen LogP contribution in [0, 0.1) is 17.3 Å². The van der Waals surface area contributed by atoms with Crippen LogP contribution >= 0.6 is 0 Å². The lowest BCUT2D eigenvalue weighted by Crippen LogP contribution is -2.45. The first kappa shape index (κ1) is 14.9. The number of likely N-dealkylation sites (tertiary alicyclic amines) is 1. The molecule has 0 aromatic rings. The van der Waals surface area contributed by atoms with E-state index in [4.69, 9.17) is 5.73 Å². The summed E-state index contributed by atoms with van der Waals surface area (Å²) >= 11 is 0. The molecule has 0 bridgehead atoms. The van der Waals surface area contributed by atoms with Crippen molar-refractivity contribution in [2.24, 2.45) is 23.0 Å². The average Bonchev–Trinajstić information content (AvgIpc) is 2.96. The fourth-order valence-electron chi connectivity index (χ4n) is 4.71. The molecule has 1 saturated heterocycles. The molecule has 0 aromatic carbocycles. The first-order valence-electron chi connectivity index (χ1n) is 8.68. The van der Waals surface area contributed by atoms with Crippen molar-refractivity contribution in [2.75, 3.05) is 13.1 Å². The minimum absolute atomic E-state index is 0.00263. The van der Waals surface area contributed by atoms with Crippen molar-refractivity contribution in [3.8, 4) is 0 Å². The van der Waals surface area contributed by atoms with Crippen LogP contribution in [0.1, 0.15) is 64.2 Å². The van der Waals surface area contributed by atoms with Gasteiger partial charge in [-0.05, 0) is 56.8 Å². The van der Waals surface area contributed by atoms with E-state index in [0.717, 1.165) is 38.8 Å². The lowest BCUT2D eigenvalue weighted by Gasteiger charge is -2.41. The Hall–Kier alpha value is -1.06. The molecule has 0 aromatic heterocycles. The van der Waals surface area contributed by atoms with Crippen LogP contribution in [-0.4, -0.2) is 29.8 Å². The van der Waals surface area contributed by atoms with E-state index in [0.29, 0.717) is 11.3 Å². The van der Waals surface area contributed by atoms with Gasteiger partial charge in [0.25, 0.3) is 0 Å². The molecule has 0 atom stereocenters. The third-order valence-corrected chi connectivity index (χ3v) is 6.28. The topological polar surface area (TPSA) is 63.4 Å². The van der Waals surface area contributed by atoms with Gasteiger partial charge in [-0.15, -0.1) is 0 Å². The molecule has 2 saturated carbocycles. The summed E-state index contributed by atoms with van der Waals surface area (Å²) in [7, 11) is 0. The van der Waals surface area contributed by atoms with E-state index in [1.165, 1.54) is 38.5 Å². The molecule has 2 N–H and O–H groups in total. The molecule has 21 heavy (non-hydrogen) atoms. The fraction of sp³-hybridized carbons (Fsp3) is 0.882. The van der Waals surface area contributed by atoms with E-state index in [-0.39, 0.29) is 17.7 Å². The van der Waals surface area contributed by atoms with Gasteiger partial charge in [0.15, 0.2) is 0 Å². The molecular weight excluding hydrogens is 264 g/mol. The monoisotopic (exact) mass is 292 g/mol. The fourth-order valence-corrected chi connectivity index (χ4v) is 4.71. The zero-order valence-electron chi connectivity index (χ0n) is 13.0. The van der Waals surface area contributed by atoms with Gasteiger partial charge in [0.2, 0.25) is 11.8 Å². The van der Waals surface area contributed by atoms with Crippen molar-refractivity contribution in [1.29, 1.82) is 0 Å². The molecule has 4 nitrogen and oxygen atoms in total. The summed E-state index contributed by atoms with van der Waals surface area (Å²) in [6.45, 7) is 1.91. The van der Waals surface area contributed by atoms with Gasteiger partial charge < -0.3 is 10.6 Å². The Bertz CT molecular complexity index is 397. The van der Waals surface area contributed by atoms with E-state index in [2.05, 4.69) is 4.90 Å². The van der Waals surface area contributed by atoms with Crippen LogP contribution < -0.4 is 5.73 Å². The first-order chi connectivity index (χ1) is 10.1. The molecule has 1 heterocycles. The Morgan fingerprint density at radius 1 is 0.857 bits per heavy atom. The number of hydrogen-bond acceptors (Lipinski definition) is 2. The second kappa shape index (κ2) is 5.98. The summed E-state index contributed by atoms with van der Waals surface area (Å²) in [6, 6.07) is 0. The Kier molecular flexibility index (Phi) is 4.23. The molecule has 3 aliphatic rings. The van der Waals surface area contributed by atoms with Crippen LogP contribution in [0.15, 0.2) is 0 Å². The number of primary amides is 1. The van der Waals surface area contributed by atoms with E-state index in [9.17, 15) is 9.59 Å². The molecule has 0 unspecified atom stereocenters. The van der Waals surface area contributed by atoms with Crippen LogP contribution in [0.3, 0.4) is 0 Å². The normalized spacial score (nSPS) is 32.3. The third-order valence-electron chi connectivity index (χ3n) is 6.28. The predicted molar refractivity (Wildman–Crippen MR) is 81.4 cm³/mol. The maximum atomic E-state index is 12.6. The Labute approximate surface area is 127 Å². The Morgan fingerprint density at radius 3 is 1.90 bits per heavy atom. The van der Waals surface area contributed by atoms with E-state index in [1.807, 2.05) is 0 Å². The van der Waals surface area contributed by atoms with Crippen LogP contribution in [0.5, 0.6) is 0 Å². The number of hydrogen-bond donors (Lipinski definition) is 1. The van der Waals surface area contributed by atoms with Crippen LogP contribution in [0.4, 0.5) is 0 Å². The summed E-state index contributed by atoms with van der Waals surface area (Å²) in [5, 5.41) is 0. The van der Waals surface area contributed by atoms with E-state index in [1.54, 1.807) is 0 Å². The molecule has 118 valence electrons. The number of rotatable bonds is 2. The van der Waals surface area contributed by atoms with Gasteiger partial charge in [0.1, 0.15) is 0 Å². The molecule has 3 rings (SSSR count). The van der Waals surface area contributed by atoms with Crippen molar-refractivity contribution >= 4 is 11.8 Å². The number of nitrogens with zero attached hydrogens (tertiary/aromatic N) is 1. The lowest BCUT2D eigenvalue weighted by atomic mass is 9.76. The number of nitrogens with two attached hydrogens (primary N) is 1. The highest BCUT2D eigenvalue weighted by Crippen LogP contribution is 2.46. The highest BCUT2D eigenvalue weighted by molar-refractivity contribution is 5.80. The van der Waals surface area contributed by atoms with E-state index >= 15 is 0 Å². The van der Waals surface area contributed by atoms with Crippen molar-refractivity contribution in [1.82, 2.24) is 4.90 Å². The highest BCUT2D eigenvalue weighted by atomic mass is 16.2. The lowest BCUT2D eigenvalue weighted by molar-refractivity contribution is -0.140. The van der Waals surface area contributed by atoms with Crippen molar-refractivity contribution in [2.45, 2.75) is 64.2 Å². The molecule has 1 aliphatic heterocycles. The molecule has 0 radical (unpaired) electrons. The highest BCUT2D eigenvalue weighted by Gasteiger charge is 2.39. The molecule has 3 fully saturated rings. The summed E-state index contributed by atoms with van der Waals surface area (Å²) in [4.78, 5) is 25.9. The van der Waals surface area contributed by atoms with E-state index < -0.39 is 0 Å². The molecule has 1 spiro atoms. The number of carbonyl (C=O) groups excluding carboxylic acids is 2. The molecule has 2 amide bonds. The molecular formula is C17H28N2O2. The molecule has 2 aliphatic carbocycles. The number of amides is 2. The maximum Gasteiger partial charge on any atom is 0.225 e. The average molecular weight is 292 g/mol. The second-order valence-electron chi connectivity index (χ2n) is 7.48. The Morgan fingerprint density at radius 2 is 1.38 bits per heavy atom. The van der Waals surface area contributed by atoms with Gasteiger partial charge in [-0.25, -0.2) is 0 Å². The van der Waals surface area contributed by atoms with Crippen LogP contribution in [-0.2, 0) is 9.59 Å². The zero-order valence-corrected chi connectivity index (χ0v) is 13.0. The summed E-state index contributed by atoms with van der Waals surface area (Å²) < 4.78 is 0. The molecule has 4 heteroatoms. The zero-order chi connectivity index (χ0) is 14.9. The van der Waals surface area contributed by atoms with Gasteiger partial charge in [-0.2, -0.15) is 0 Å². The van der Waals surface area contributed by atoms with Crippen molar-refractivity contribution in [3.63, 3.8) is 0 Å². The standard InChI is InChI=1S/C17H28N2O2/c18-15(20)13-3-5-14(6-4-13)16(21)19-11-9-17(10-12-19)7-1-2-8-17/h13-14H,1-12H2,(H2,18,20). The second-order valence-corrected chi connectivity index (χ2v) is 7.48. The predicted octanol–water partition coefficient (Wildman–Crippen LogP) is 2.46. The summed E-state index contributed by atoms with van der Waals surface area (Å²) in [6.07, 6.45) is 11.2. The maximum absolute atomic E-state index is 12.6. The van der Waals surface area contributed by atoms with Crippen LogP contribution in [0.2, 0.25) is 0 Å². The minimum Gasteiger partial charge on any atom is -0.369 e. The number of carbonyl (C=O) groups is 2. The summed E-state index contributed by atoms with van der Waals surface area (Å²) in [5.41, 5.74) is 5.93. The first-order valence-corrected chi connectivity index (χ1v) is 8.68. The minimum atomic E-state index is -0.193. The SMILES string of the molecule is NC(=O)C1CCC(C(=O)N2CCC3(CCCC3)CC2)CC1. The van der Waals surface area contributed by atoms with Gasteiger partial charge in [-0.1, -0.05) is 12.8 Å². The van der Waals surface area contributed by atoms with Gasteiger partial charge in [0, 0.05) is 24.9 Å². The summed E-state index contributed by atoms with van der Waals surface area (Å²) in [5.74, 6) is 0.281.